The summed E-state index contributed by atoms with van der Waals surface area (Å²) in [6, 6.07) is 8.77. The number of benzene rings is 1. The summed E-state index contributed by atoms with van der Waals surface area (Å²) in [6.07, 6.45) is 6.04. The van der Waals surface area contributed by atoms with Crippen molar-refractivity contribution in [1.29, 1.82) is 0 Å². The molecule has 1 aliphatic carbocycles. The highest BCUT2D eigenvalue weighted by Crippen LogP contribution is 2.27. The Kier molecular flexibility index (Phi) is 4.03. The van der Waals surface area contributed by atoms with E-state index in [0.717, 1.165) is 0 Å². The number of ether oxygens (including phenoxy) is 1. The molecule has 104 valence electrons. The van der Waals surface area contributed by atoms with Crippen molar-refractivity contribution in [1.82, 2.24) is 5.32 Å². The highest BCUT2D eigenvalue weighted by Gasteiger charge is 2.33. The van der Waals surface area contributed by atoms with Crippen molar-refractivity contribution in [2.45, 2.75) is 25.8 Å². The third kappa shape index (κ3) is 3.15. The van der Waals surface area contributed by atoms with Gasteiger partial charge in [0.05, 0.1) is 11.1 Å². The van der Waals surface area contributed by atoms with E-state index in [2.05, 4.69) is 5.32 Å². The van der Waals surface area contributed by atoms with E-state index in [9.17, 15) is 9.59 Å². The summed E-state index contributed by atoms with van der Waals surface area (Å²) in [5, 5.41) is 2.83. The van der Waals surface area contributed by atoms with Gasteiger partial charge in [-0.2, -0.15) is 0 Å². The van der Waals surface area contributed by atoms with Crippen molar-refractivity contribution in [2.24, 2.45) is 0 Å². The molecule has 0 spiro atoms. The first kappa shape index (κ1) is 14.1. The van der Waals surface area contributed by atoms with Crippen LogP contribution < -0.4 is 5.32 Å². The maximum atomic E-state index is 12.1. The molecule has 0 saturated heterocycles. The Morgan fingerprint density at radius 3 is 2.60 bits per heavy atom. The minimum atomic E-state index is -0.689. The van der Waals surface area contributed by atoms with Crippen molar-refractivity contribution in [3.63, 3.8) is 0 Å². The number of amides is 1. The van der Waals surface area contributed by atoms with Gasteiger partial charge in [-0.1, -0.05) is 30.4 Å². The van der Waals surface area contributed by atoms with E-state index >= 15 is 0 Å². The Bertz CT molecular complexity index is 575. The number of carbonyl (C=O) groups excluding carboxylic acids is 2. The zero-order valence-corrected chi connectivity index (χ0v) is 11.6. The summed E-state index contributed by atoms with van der Waals surface area (Å²) in [4.78, 5) is 23.4. The van der Waals surface area contributed by atoms with Gasteiger partial charge in [0.25, 0.3) is 0 Å². The third-order valence-electron chi connectivity index (χ3n) is 3.12. The van der Waals surface area contributed by atoms with Crippen LogP contribution in [0, 0.1) is 0 Å². The second kappa shape index (κ2) is 5.74. The second-order valence-corrected chi connectivity index (χ2v) is 4.93. The molecule has 0 saturated carbocycles. The van der Waals surface area contributed by atoms with Gasteiger partial charge in [-0.3, -0.25) is 4.79 Å². The molecule has 2 rings (SSSR count). The van der Waals surface area contributed by atoms with Gasteiger partial charge in [0, 0.05) is 6.92 Å². The fraction of sp³-hybridized carbons (Fsp3) is 0.250. The molecule has 0 aromatic heterocycles. The van der Waals surface area contributed by atoms with Crippen LogP contribution >= 0.6 is 0 Å². The molecule has 1 unspecified atom stereocenters. The zero-order valence-electron chi connectivity index (χ0n) is 11.6. The van der Waals surface area contributed by atoms with Crippen LogP contribution in [0.3, 0.4) is 0 Å². The molecule has 4 heteroatoms. The first-order chi connectivity index (χ1) is 9.51. The molecule has 1 aliphatic rings. The van der Waals surface area contributed by atoms with E-state index in [4.69, 9.17) is 4.74 Å². The molecule has 0 radical (unpaired) electrons. The van der Waals surface area contributed by atoms with Gasteiger partial charge in [-0.05, 0) is 31.6 Å². The Morgan fingerprint density at radius 2 is 1.95 bits per heavy atom. The number of hydrogen-bond acceptors (Lipinski definition) is 3. The van der Waals surface area contributed by atoms with Crippen molar-refractivity contribution >= 4 is 11.9 Å². The van der Waals surface area contributed by atoms with Gasteiger partial charge in [0.15, 0.2) is 0 Å². The molecular weight excluding hydrogens is 254 g/mol. The highest BCUT2D eigenvalue weighted by atomic mass is 16.5. The average Bonchev–Trinajstić information content (AvgIpc) is 2.41. The van der Waals surface area contributed by atoms with Crippen LogP contribution in [-0.4, -0.2) is 17.4 Å². The number of rotatable bonds is 3. The van der Waals surface area contributed by atoms with Crippen molar-refractivity contribution in [3.8, 4) is 0 Å². The molecule has 1 aromatic rings. The van der Waals surface area contributed by atoms with Crippen LogP contribution in [0.25, 0.3) is 0 Å². The number of allylic oxidation sites excluding steroid dienone is 2. The summed E-state index contributed by atoms with van der Waals surface area (Å²) >= 11 is 0. The maximum absolute atomic E-state index is 12.1. The molecule has 1 N–H and O–H groups in total. The van der Waals surface area contributed by atoms with E-state index < -0.39 is 11.5 Å². The lowest BCUT2D eigenvalue weighted by atomic mass is 9.91. The number of hydrogen-bond donors (Lipinski definition) is 1. The van der Waals surface area contributed by atoms with Gasteiger partial charge in [0.1, 0.15) is 5.76 Å². The van der Waals surface area contributed by atoms with E-state index in [1.165, 1.54) is 6.92 Å². The molecule has 0 bridgehead atoms. The zero-order chi connectivity index (χ0) is 14.6. The van der Waals surface area contributed by atoms with Crippen LogP contribution in [0.5, 0.6) is 0 Å². The molecule has 1 amide bonds. The lowest BCUT2D eigenvalue weighted by molar-refractivity contribution is -0.120. The van der Waals surface area contributed by atoms with Crippen LogP contribution in [0.1, 0.15) is 30.6 Å². The molecule has 20 heavy (non-hydrogen) atoms. The van der Waals surface area contributed by atoms with Gasteiger partial charge >= 0.3 is 5.97 Å². The largest absolute Gasteiger partial charge is 0.425 e. The smallest absolute Gasteiger partial charge is 0.343 e. The molecule has 0 fully saturated rings. The summed E-state index contributed by atoms with van der Waals surface area (Å²) < 4.78 is 5.45. The number of nitrogens with one attached hydrogen (secondary N) is 1. The van der Waals surface area contributed by atoms with Gasteiger partial charge in [-0.25, -0.2) is 4.79 Å². The second-order valence-electron chi connectivity index (χ2n) is 4.93. The topological polar surface area (TPSA) is 55.4 Å². The normalized spacial score (nSPS) is 21.0. The fourth-order valence-corrected chi connectivity index (χ4v) is 2.12. The number of esters is 1. The van der Waals surface area contributed by atoms with Gasteiger partial charge in [0.2, 0.25) is 5.91 Å². The standard InChI is InChI=1S/C16H17NO3/c1-12(18)17-16(2)11-7-6-10-14(16)20-15(19)13-8-4-3-5-9-13/h3-10H,11H2,1-2H3,(H,17,18). The first-order valence-corrected chi connectivity index (χ1v) is 6.44. The average molecular weight is 271 g/mol. The summed E-state index contributed by atoms with van der Waals surface area (Å²) in [5.41, 5.74) is -0.210. The lowest BCUT2D eigenvalue weighted by Gasteiger charge is -2.32. The number of carbonyl (C=O) groups is 2. The quantitative estimate of drug-likeness (QED) is 0.860. The monoisotopic (exact) mass is 271 g/mol. The predicted molar refractivity (Wildman–Crippen MR) is 75.9 cm³/mol. The molecule has 4 nitrogen and oxygen atoms in total. The Labute approximate surface area is 118 Å². The highest BCUT2D eigenvalue weighted by molar-refractivity contribution is 5.90. The summed E-state index contributed by atoms with van der Waals surface area (Å²) in [7, 11) is 0. The summed E-state index contributed by atoms with van der Waals surface area (Å²) in [6.45, 7) is 3.28. The van der Waals surface area contributed by atoms with E-state index in [1.54, 1.807) is 30.3 Å². The Morgan fingerprint density at radius 1 is 1.25 bits per heavy atom. The predicted octanol–water partition coefficient (Wildman–Crippen LogP) is 2.58. The molecule has 0 heterocycles. The Hall–Kier alpha value is -2.36. The first-order valence-electron chi connectivity index (χ1n) is 6.44. The van der Waals surface area contributed by atoms with Gasteiger partial charge < -0.3 is 10.1 Å². The Balaban J connectivity index is 2.18. The van der Waals surface area contributed by atoms with Crippen LogP contribution in [-0.2, 0) is 9.53 Å². The van der Waals surface area contributed by atoms with Crippen molar-refractivity contribution in [3.05, 3.63) is 59.9 Å². The third-order valence-corrected chi connectivity index (χ3v) is 3.12. The van der Waals surface area contributed by atoms with Crippen molar-refractivity contribution < 1.29 is 14.3 Å². The maximum Gasteiger partial charge on any atom is 0.343 e. The van der Waals surface area contributed by atoms with Crippen LogP contribution in [0.15, 0.2) is 54.3 Å². The van der Waals surface area contributed by atoms with Crippen molar-refractivity contribution in [2.75, 3.05) is 0 Å². The minimum absolute atomic E-state index is 0.163. The lowest BCUT2D eigenvalue weighted by Crippen LogP contribution is -2.48. The van der Waals surface area contributed by atoms with E-state index in [-0.39, 0.29) is 5.91 Å². The SMILES string of the molecule is CC(=O)NC1(C)CC=CC=C1OC(=O)c1ccccc1. The molecule has 0 aliphatic heterocycles. The van der Waals surface area contributed by atoms with Gasteiger partial charge in [-0.15, -0.1) is 0 Å². The summed E-state index contributed by atoms with van der Waals surface area (Å²) in [5.74, 6) is -0.141. The van der Waals surface area contributed by atoms with E-state index in [0.29, 0.717) is 17.7 Å². The molecule has 1 atom stereocenters. The fourth-order valence-electron chi connectivity index (χ4n) is 2.12. The molecular formula is C16H17NO3. The van der Waals surface area contributed by atoms with Crippen LogP contribution in [0.4, 0.5) is 0 Å². The molecule has 1 aromatic carbocycles. The van der Waals surface area contributed by atoms with E-state index in [1.807, 2.05) is 25.1 Å². The van der Waals surface area contributed by atoms with Crippen LogP contribution in [0.2, 0.25) is 0 Å². The minimum Gasteiger partial charge on any atom is -0.425 e.